The number of rotatable bonds is 10. The molecule has 34 heavy (non-hydrogen) atoms. The van der Waals surface area contributed by atoms with E-state index in [1.54, 1.807) is 17.0 Å². The Balaban J connectivity index is 1.47. The Hall–Kier alpha value is -3.11. The van der Waals surface area contributed by atoms with Crippen molar-refractivity contribution in [2.75, 3.05) is 39.3 Å². The molecule has 0 aromatic heterocycles. The highest BCUT2D eigenvalue weighted by Gasteiger charge is 2.31. The third-order valence-corrected chi connectivity index (χ3v) is 5.58. The minimum atomic E-state index is -4.70. The first-order chi connectivity index (χ1) is 16.2. The van der Waals surface area contributed by atoms with E-state index in [0.717, 1.165) is 24.2 Å². The molecule has 1 heterocycles. The first-order valence-electron chi connectivity index (χ1n) is 11.1. The minimum Gasteiger partial charge on any atom is -0.406 e. The van der Waals surface area contributed by atoms with Crippen molar-refractivity contribution < 1.29 is 27.5 Å². The molecule has 0 saturated carbocycles. The summed E-state index contributed by atoms with van der Waals surface area (Å²) in [6.07, 6.45) is -4.59. The lowest BCUT2D eigenvalue weighted by atomic mass is 10.2. The van der Waals surface area contributed by atoms with Gasteiger partial charge >= 0.3 is 6.36 Å². The van der Waals surface area contributed by atoms with Crippen LogP contribution in [-0.2, 0) is 22.7 Å². The maximum absolute atomic E-state index is 13.0. The second-order valence-corrected chi connectivity index (χ2v) is 8.26. The van der Waals surface area contributed by atoms with Crippen molar-refractivity contribution in [2.45, 2.75) is 25.9 Å². The number of nitrogens with zero attached hydrogens (tertiary/aromatic N) is 3. The van der Waals surface area contributed by atoms with Crippen LogP contribution in [0, 0.1) is 0 Å². The van der Waals surface area contributed by atoms with Crippen LogP contribution in [-0.4, -0.2) is 72.1 Å². The lowest BCUT2D eigenvalue weighted by Crippen LogP contribution is -2.49. The van der Waals surface area contributed by atoms with Gasteiger partial charge in [0.2, 0.25) is 11.8 Å². The van der Waals surface area contributed by atoms with Crippen LogP contribution >= 0.6 is 0 Å². The van der Waals surface area contributed by atoms with Crippen LogP contribution in [0.1, 0.15) is 17.5 Å². The number of hydrogen-bond acceptors (Lipinski definition) is 5. The Bertz CT molecular complexity index is 931. The second-order valence-electron chi connectivity index (χ2n) is 8.26. The van der Waals surface area contributed by atoms with Crippen molar-refractivity contribution in [2.24, 2.45) is 5.73 Å². The smallest absolute Gasteiger partial charge is 0.406 e. The van der Waals surface area contributed by atoms with Crippen LogP contribution in [0.15, 0.2) is 54.6 Å². The molecule has 0 radical (unpaired) electrons. The van der Waals surface area contributed by atoms with Crippen LogP contribution in [0.3, 0.4) is 0 Å². The zero-order chi connectivity index (χ0) is 24.6. The highest BCUT2D eigenvalue weighted by atomic mass is 19.4. The largest absolute Gasteiger partial charge is 0.573 e. The summed E-state index contributed by atoms with van der Waals surface area (Å²) in [5.74, 6) is -0.743. The number of carbonyl (C=O) groups excluding carboxylic acids is 2. The number of alkyl halides is 3. The molecule has 1 fully saturated rings. The van der Waals surface area contributed by atoms with E-state index in [9.17, 15) is 22.8 Å². The van der Waals surface area contributed by atoms with Gasteiger partial charge in [-0.2, -0.15) is 0 Å². The molecule has 7 nitrogen and oxygen atoms in total. The Kier molecular flexibility index (Phi) is 8.89. The van der Waals surface area contributed by atoms with Crippen molar-refractivity contribution in [3.05, 3.63) is 65.7 Å². The molecule has 2 aromatic rings. The topological polar surface area (TPSA) is 79.1 Å². The molecule has 2 amide bonds. The van der Waals surface area contributed by atoms with E-state index in [1.165, 1.54) is 12.1 Å². The van der Waals surface area contributed by atoms with Crippen molar-refractivity contribution in [3.63, 3.8) is 0 Å². The van der Waals surface area contributed by atoms with Crippen LogP contribution in [0.5, 0.6) is 5.75 Å². The van der Waals surface area contributed by atoms with E-state index in [2.05, 4.69) is 14.5 Å². The van der Waals surface area contributed by atoms with Gasteiger partial charge in [0.25, 0.3) is 0 Å². The Morgan fingerprint density at radius 3 is 2.12 bits per heavy atom. The van der Waals surface area contributed by atoms with Gasteiger partial charge in [-0.3, -0.25) is 19.4 Å². The highest BCUT2D eigenvalue weighted by molar-refractivity contribution is 5.79. The zero-order valence-electron chi connectivity index (χ0n) is 18.8. The van der Waals surface area contributed by atoms with E-state index < -0.39 is 12.3 Å². The van der Waals surface area contributed by atoms with Crippen molar-refractivity contribution in [1.29, 1.82) is 0 Å². The molecule has 0 spiro atoms. The summed E-state index contributed by atoms with van der Waals surface area (Å²) in [7, 11) is 0. The summed E-state index contributed by atoms with van der Waals surface area (Å²) >= 11 is 0. The van der Waals surface area contributed by atoms with Gasteiger partial charge < -0.3 is 15.4 Å². The molecule has 0 aliphatic carbocycles. The summed E-state index contributed by atoms with van der Waals surface area (Å²) in [5, 5.41) is 0. The summed E-state index contributed by atoms with van der Waals surface area (Å²) < 4.78 is 40.8. The number of primary amides is 1. The fourth-order valence-corrected chi connectivity index (χ4v) is 3.79. The highest BCUT2D eigenvalue weighted by Crippen LogP contribution is 2.23. The van der Waals surface area contributed by atoms with E-state index in [-0.39, 0.29) is 31.2 Å². The van der Waals surface area contributed by atoms with E-state index >= 15 is 0 Å². The third kappa shape index (κ3) is 8.68. The SMILES string of the molecule is NC(=O)CCN(Cc1ccccc1)C(=O)CN1CCN(Cc2ccc(OC(F)(F)F)cc2)CC1. The van der Waals surface area contributed by atoms with Gasteiger partial charge in [0, 0.05) is 52.2 Å². The number of nitrogens with two attached hydrogens (primary N) is 1. The lowest BCUT2D eigenvalue weighted by Gasteiger charge is -2.35. The molecule has 0 bridgehead atoms. The number of carbonyl (C=O) groups is 2. The summed E-state index contributed by atoms with van der Waals surface area (Å²) in [6.45, 7) is 4.39. The fourth-order valence-electron chi connectivity index (χ4n) is 3.79. The van der Waals surface area contributed by atoms with Gasteiger partial charge in [0.15, 0.2) is 0 Å². The van der Waals surface area contributed by atoms with E-state index in [4.69, 9.17) is 5.73 Å². The van der Waals surface area contributed by atoms with E-state index in [0.29, 0.717) is 26.2 Å². The molecule has 184 valence electrons. The average Bonchev–Trinajstić information content (AvgIpc) is 2.79. The van der Waals surface area contributed by atoms with Gasteiger partial charge in [-0.15, -0.1) is 13.2 Å². The maximum atomic E-state index is 13.0. The molecule has 2 aromatic carbocycles. The molecule has 1 saturated heterocycles. The van der Waals surface area contributed by atoms with Crippen molar-refractivity contribution >= 4 is 11.8 Å². The Morgan fingerprint density at radius 2 is 1.53 bits per heavy atom. The number of halogens is 3. The quantitative estimate of drug-likeness (QED) is 0.568. The third-order valence-electron chi connectivity index (χ3n) is 5.58. The molecule has 3 rings (SSSR count). The van der Waals surface area contributed by atoms with Crippen molar-refractivity contribution in [1.82, 2.24) is 14.7 Å². The van der Waals surface area contributed by atoms with Crippen LogP contribution in [0.2, 0.25) is 0 Å². The van der Waals surface area contributed by atoms with Crippen LogP contribution in [0.4, 0.5) is 13.2 Å². The van der Waals surface area contributed by atoms with E-state index in [1.807, 2.05) is 30.3 Å². The first kappa shape index (κ1) is 25.5. The molecule has 10 heteroatoms. The summed E-state index contributed by atoms with van der Waals surface area (Å²) in [5.41, 5.74) is 7.15. The van der Waals surface area contributed by atoms with Gasteiger partial charge in [-0.1, -0.05) is 42.5 Å². The number of ether oxygens (including phenoxy) is 1. The van der Waals surface area contributed by atoms with Gasteiger partial charge in [-0.25, -0.2) is 0 Å². The van der Waals surface area contributed by atoms with Gasteiger partial charge in [0.05, 0.1) is 6.54 Å². The number of piperazine rings is 1. The monoisotopic (exact) mass is 478 g/mol. The first-order valence-corrected chi connectivity index (χ1v) is 11.1. The maximum Gasteiger partial charge on any atom is 0.573 e. The van der Waals surface area contributed by atoms with Crippen LogP contribution < -0.4 is 10.5 Å². The molecule has 0 unspecified atom stereocenters. The number of benzene rings is 2. The average molecular weight is 479 g/mol. The zero-order valence-corrected chi connectivity index (χ0v) is 18.8. The molecule has 0 atom stereocenters. The molecule has 2 N–H and O–H groups in total. The molecular weight excluding hydrogens is 449 g/mol. The second kappa shape index (κ2) is 11.8. The standard InChI is InChI=1S/C24H29F3N4O3/c25-24(26,27)34-21-8-6-20(7-9-21)16-29-12-14-30(15-13-29)18-23(33)31(11-10-22(28)32)17-19-4-2-1-3-5-19/h1-9H,10-18H2,(H2,28,32). The predicted octanol–water partition coefficient (Wildman–Crippen LogP) is 2.61. The molecular formula is C24H29F3N4O3. The normalized spacial score (nSPS) is 15.1. The van der Waals surface area contributed by atoms with Crippen molar-refractivity contribution in [3.8, 4) is 5.75 Å². The summed E-state index contributed by atoms with van der Waals surface area (Å²) in [6, 6.07) is 15.5. The minimum absolute atomic E-state index is 0.0567. The number of amides is 2. The fraction of sp³-hybridized carbons (Fsp3) is 0.417. The lowest BCUT2D eigenvalue weighted by molar-refractivity contribution is -0.274. The van der Waals surface area contributed by atoms with Gasteiger partial charge in [-0.05, 0) is 23.3 Å². The Morgan fingerprint density at radius 1 is 0.912 bits per heavy atom. The van der Waals surface area contributed by atoms with Gasteiger partial charge in [0.1, 0.15) is 5.75 Å². The molecule has 1 aliphatic heterocycles. The molecule has 1 aliphatic rings. The summed E-state index contributed by atoms with van der Waals surface area (Å²) in [4.78, 5) is 30.1. The van der Waals surface area contributed by atoms with Crippen LogP contribution in [0.25, 0.3) is 0 Å². The number of hydrogen-bond donors (Lipinski definition) is 1. The predicted molar refractivity (Wildman–Crippen MR) is 121 cm³/mol. The Labute approximate surface area is 196 Å².